The first-order valence-electron chi connectivity index (χ1n) is 8.65. The molecule has 3 rings (SSSR count). The van der Waals surface area contributed by atoms with Crippen LogP contribution >= 0.6 is 0 Å². The molecule has 1 saturated carbocycles. The Kier molecular flexibility index (Phi) is 4.37. The summed E-state index contributed by atoms with van der Waals surface area (Å²) in [6, 6.07) is 9.44. The molecule has 0 radical (unpaired) electrons. The lowest BCUT2D eigenvalue weighted by molar-refractivity contribution is 0.0204. The van der Waals surface area contributed by atoms with E-state index >= 15 is 0 Å². The van der Waals surface area contributed by atoms with Crippen LogP contribution < -0.4 is 0 Å². The number of benzene rings is 1. The van der Waals surface area contributed by atoms with Gasteiger partial charge in [-0.05, 0) is 69.5 Å². The Balaban J connectivity index is 1.72. The molecule has 2 heteroatoms. The molecule has 0 bridgehead atoms. The van der Waals surface area contributed by atoms with Crippen LogP contribution in [-0.2, 0) is 5.60 Å². The Hall–Kier alpha value is -0.860. The fourth-order valence-corrected chi connectivity index (χ4v) is 3.75. The average molecular weight is 287 g/mol. The summed E-state index contributed by atoms with van der Waals surface area (Å²) < 4.78 is 0. The van der Waals surface area contributed by atoms with E-state index in [1.54, 1.807) is 0 Å². The third-order valence-electron chi connectivity index (χ3n) is 5.60. The van der Waals surface area contributed by atoms with E-state index in [0.29, 0.717) is 6.04 Å². The number of rotatable bonds is 3. The minimum atomic E-state index is -0.623. The Morgan fingerprint density at radius 3 is 2.33 bits per heavy atom. The van der Waals surface area contributed by atoms with Crippen molar-refractivity contribution in [1.29, 1.82) is 0 Å². The van der Waals surface area contributed by atoms with Gasteiger partial charge in [0.15, 0.2) is 0 Å². The van der Waals surface area contributed by atoms with E-state index in [9.17, 15) is 5.11 Å². The molecule has 0 aromatic heterocycles. The largest absolute Gasteiger partial charge is 0.385 e. The third-order valence-corrected chi connectivity index (χ3v) is 5.60. The first-order chi connectivity index (χ1) is 10.1. The Morgan fingerprint density at radius 2 is 1.76 bits per heavy atom. The summed E-state index contributed by atoms with van der Waals surface area (Å²) >= 11 is 0. The summed E-state index contributed by atoms with van der Waals surface area (Å²) in [5.41, 5.74) is 1.96. The van der Waals surface area contributed by atoms with Gasteiger partial charge in [-0.25, -0.2) is 0 Å². The van der Waals surface area contributed by atoms with Crippen LogP contribution in [0.3, 0.4) is 0 Å². The predicted molar refractivity (Wildman–Crippen MR) is 87.5 cm³/mol. The second-order valence-corrected chi connectivity index (χ2v) is 7.26. The average Bonchev–Trinajstić information content (AvgIpc) is 2.61. The first-order valence-corrected chi connectivity index (χ1v) is 8.65. The molecule has 2 nitrogen and oxygen atoms in total. The van der Waals surface area contributed by atoms with Crippen molar-refractivity contribution in [2.45, 2.75) is 69.9 Å². The lowest BCUT2D eigenvalue weighted by Gasteiger charge is -2.30. The molecule has 1 atom stereocenters. The van der Waals surface area contributed by atoms with Gasteiger partial charge in [0.05, 0.1) is 5.60 Å². The van der Waals surface area contributed by atoms with E-state index in [4.69, 9.17) is 0 Å². The summed E-state index contributed by atoms with van der Waals surface area (Å²) in [6.45, 7) is 6.61. The van der Waals surface area contributed by atoms with E-state index in [0.717, 1.165) is 43.8 Å². The van der Waals surface area contributed by atoms with Crippen molar-refractivity contribution in [3.63, 3.8) is 0 Å². The second kappa shape index (κ2) is 6.10. The van der Waals surface area contributed by atoms with E-state index in [-0.39, 0.29) is 0 Å². The topological polar surface area (TPSA) is 23.5 Å². The number of hydrogen-bond acceptors (Lipinski definition) is 2. The molecular formula is C19H29NO. The summed E-state index contributed by atoms with van der Waals surface area (Å²) in [6.07, 6.45) is 6.88. The zero-order chi connectivity index (χ0) is 14.9. The van der Waals surface area contributed by atoms with Crippen LogP contribution in [0.4, 0.5) is 0 Å². The predicted octanol–water partition coefficient (Wildman–Crippen LogP) is 4.04. The van der Waals surface area contributed by atoms with Crippen LogP contribution in [0.5, 0.6) is 0 Å². The smallest absolute Gasteiger partial charge is 0.0909 e. The third kappa shape index (κ3) is 3.17. The van der Waals surface area contributed by atoms with Gasteiger partial charge in [-0.15, -0.1) is 0 Å². The molecule has 1 aliphatic carbocycles. The molecule has 1 aromatic rings. The van der Waals surface area contributed by atoms with Gasteiger partial charge < -0.3 is 10.0 Å². The lowest BCUT2D eigenvalue weighted by Crippen LogP contribution is -2.33. The quantitative estimate of drug-likeness (QED) is 0.907. The normalized spacial score (nSPS) is 28.4. The van der Waals surface area contributed by atoms with Crippen molar-refractivity contribution in [3.8, 4) is 0 Å². The maximum absolute atomic E-state index is 11.1. The summed E-state index contributed by atoms with van der Waals surface area (Å²) in [7, 11) is 0. The highest BCUT2D eigenvalue weighted by Crippen LogP contribution is 2.38. The number of hydrogen-bond donors (Lipinski definition) is 1. The van der Waals surface area contributed by atoms with Crippen LogP contribution in [0.25, 0.3) is 0 Å². The molecule has 1 unspecified atom stereocenters. The lowest BCUT2D eigenvalue weighted by atomic mass is 9.79. The van der Waals surface area contributed by atoms with Gasteiger partial charge in [-0.2, -0.15) is 0 Å². The van der Waals surface area contributed by atoms with Crippen molar-refractivity contribution in [3.05, 3.63) is 35.4 Å². The van der Waals surface area contributed by atoms with Gasteiger partial charge in [-0.1, -0.05) is 30.7 Å². The molecule has 0 spiro atoms. The number of likely N-dealkylation sites (tertiary alicyclic amines) is 1. The highest BCUT2D eigenvalue weighted by atomic mass is 16.3. The van der Waals surface area contributed by atoms with Crippen LogP contribution in [0.2, 0.25) is 0 Å². The van der Waals surface area contributed by atoms with Gasteiger partial charge in [0.2, 0.25) is 0 Å². The Morgan fingerprint density at radius 1 is 1.05 bits per heavy atom. The molecule has 116 valence electrons. The van der Waals surface area contributed by atoms with Crippen LogP contribution in [-0.4, -0.2) is 29.1 Å². The molecule has 1 aliphatic heterocycles. The molecule has 0 amide bonds. The maximum atomic E-state index is 11.1. The van der Waals surface area contributed by atoms with E-state index in [2.05, 4.69) is 43.0 Å². The molecule has 21 heavy (non-hydrogen) atoms. The highest BCUT2D eigenvalue weighted by molar-refractivity contribution is 5.30. The van der Waals surface area contributed by atoms with Crippen molar-refractivity contribution in [1.82, 2.24) is 4.90 Å². The standard InChI is InChI=1S/C19H29NO/c1-15(2)20-13-4-11-19(21,12-14-20)18-9-7-17(8-10-18)16-5-3-6-16/h7-10,15-16,21H,3-6,11-14H2,1-2H3. The zero-order valence-corrected chi connectivity index (χ0v) is 13.5. The van der Waals surface area contributed by atoms with E-state index in [1.165, 1.54) is 24.8 Å². The molecule has 1 saturated heterocycles. The van der Waals surface area contributed by atoms with Crippen molar-refractivity contribution in [2.24, 2.45) is 0 Å². The summed E-state index contributed by atoms with van der Waals surface area (Å²) in [5, 5.41) is 11.1. The molecule has 1 N–H and O–H groups in total. The number of nitrogens with zero attached hydrogens (tertiary/aromatic N) is 1. The van der Waals surface area contributed by atoms with Crippen LogP contribution in [0.1, 0.15) is 69.4 Å². The van der Waals surface area contributed by atoms with Crippen LogP contribution in [0.15, 0.2) is 24.3 Å². The van der Waals surface area contributed by atoms with Crippen molar-refractivity contribution >= 4 is 0 Å². The van der Waals surface area contributed by atoms with Gasteiger partial charge in [0.1, 0.15) is 0 Å². The SMILES string of the molecule is CC(C)N1CCCC(O)(c2ccc(C3CCC3)cc2)CC1. The zero-order valence-electron chi connectivity index (χ0n) is 13.5. The van der Waals surface area contributed by atoms with Crippen molar-refractivity contribution < 1.29 is 5.11 Å². The minimum absolute atomic E-state index is 0.577. The number of aliphatic hydroxyl groups is 1. The molecule has 2 aliphatic rings. The Bertz CT molecular complexity index is 463. The first kappa shape index (κ1) is 15.1. The fraction of sp³-hybridized carbons (Fsp3) is 0.684. The van der Waals surface area contributed by atoms with Gasteiger partial charge >= 0.3 is 0 Å². The van der Waals surface area contributed by atoms with E-state index in [1.807, 2.05) is 0 Å². The highest BCUT2D eigenvalue weighted by Gasteiger charge is 2.32. The van der Waals surface area contributed by atoms with Crippen LogP contribution in [0, 0.1) is 0 Å². The maximum Gasteiger partial charge on any atom is 0.0909 e. The van der Waals surface area contributed by atoms with Gasteiger partial charge in [0, 0.05) is 12.6 Å². The molecule has 1 heterocycles. The Labute approximate surface area is 129 Å². The van der Waals surface area contributed by atoms with Gasteiger partial charge in [0.25, 0.3) is 0 Å². The second-order valence-electron chi connectivity index (χ2n) is 7.26. The monoisotopic (exact) mass is 287 g/mol. The molecule has 2 fully saturated rings. The molecule has 1 aromatic carbocycles. The summed E-state index contributed by atoms with van der Waals surface area (Å²) in [4.78, 5) is 2.49. The van der Waals surface area contributed by atoms with Gasteiger partial charge in [-0.3, -0.25) is 0 Å². The van der Waals surface area contributed by atoms with Crippen molar-refractivity contribution in [2.75, 3.05) is 13.1 Å². The fourth-order valence-electron chi connectivity index (χ4n) is 3.75. The van der Waals surface area contributed by atoms with E-state index < -0.39 is 5.60 Å². The summed E-state index contributed by atoms with van der Waals surface area (Å²) in [5.74, 6) is 0.777. The molecular weight excluding hydrogens is 258 g/mol. The minimum Gasteiger partial charge on any atom is -0.385 e.